The van der Waals surface area contributed by atoms with E-state index >= 15 is 0 Å². The number of rotatable bonds is 4. The lowest BCUT2D eigenvalue weighted by atomic mass is 9.89. The maximum absolute atomic E-state index is 12.5. The van der Waals surface area contributed by atoms with E-state index in [2.05, 4.69) is 4.72 Å². The third-order valence-corrected chi connectivity index (χ3v) is 6.87. The van der Waals surface area contributed by atoms with Gasteiger partial charge in [-0.15, -0.1) is 0 Å². The van der Waals surface area contributed by atoms with Gasteiger partial charge in [0.15, 0.2) is 0 Å². The number of nitrogens with one attached hydrogen (secondary N) is 1. The zero-order chi connectivity index (χ0) is 15.2. The molecule has 2 aromatic carbocycles. The van der Waals surface area contributed by atoms with Crippen LogP contribution in [0.1, 0.15) is 25.7 Å². The van der Waals surface area contributed by atoms with Gasteiger partial charge >= 0.3 is 0 Å². The second kappa shape index (κ2) is 5.36. The zero-order valence-electron chi connectivity index (χ0n) is 12.5. The Morgan fingerprint density at radius 1 is 1.00 bits per heavy atom. The second-order valence-electron chi connectivity index (χ2n) is 6.80. The fourth-order valence-electron chi connectivity index (χ4n) is 4.26. The van der Waals surface area contributed by atoms with Crippen LogP contribution < -0.4 is 4.72 Å². The highest BCUT2D eigenvalue weighted by molar-refractivity contribution is 7.89. The van der Waals surface area contributed by atoms with Crippen LogP contribution in [0.25, 0.3) is 10.8 Å². The highest BCUT2D eigenvalue weighted by Gasteiger charge is 2.39. The van der Waals surface area contributed by atoms with Gasteiger partial charge in [-0.3, -0.25) is 0 Å². The zero-order valence-corrected chi connectivity index (χ0v) is 13.4. The van der Waals surface area contributed by atoms with Crippen molar-refractivity contribution < 1.29 is 8.42 Å². The summed E-state index contributed by atoms with van der Waals surface area (Å²) in [6, 6.07) is 13.2. The van der Waals surface area contributed by atoms with Crippen molar-refractivity contribution in [3.63, 3.8) is 0 Å². The van der Waals surface area contributed by atoms with Gasteiger partial charge in [0.1, 0.15) is 0 Å². The smallest absolute Gasteiger partial charge is 0.211 e. The molecule has 1 N–H and O–H groups in total. The molecule has 3 nitrogen and oxygen atoms in total. The van der Waals surface area contributed by atoms with Crippen LogP contribution in [-0.2, 0) is 10.0 Å². The van der Waals surface area contributed by atoms with Crippen LogP contribution in [-0.4, -0.2) is 15.0 Å². The summed E-state index contributed by atoms with van der Waals surface area (Å²) in [5.74, 6) is 2.12. The monoisotopic (exact) mass is 315 g/mol. The summed E-state index contributed by atoms with van der Waals surface area (Å²) in [5, 5.41) is 2.03. The van der Waals surface area contributed by atoms with Crippen molar-refractivity contribution in [2.45, 2.75) is 30.6 Å². The van der Waals surface area contributed by atoms with Crippen molar-refractivity contribution in [2.75, 3.05) is 6.54 Å². The number of hydrogen-bond donors (Lipinski definition) is 1. The molecule has 2 aliphatic rings. The molecule has 3 atom stereocenters. The van der Waals surface area contributed by atoms with Gasteiger partial charge in [-0.25, -0.2) is 13.1 Å². The summed E-state index contributed by atoms with van der Waals surface area (Å²) in [5.41, 5.74) is 0. The van der Waals surface area contributed by atoms with Crippen LogP contribution in [0.3, 0.4) is 0 Å². The molecule has 22 heavy (non-hydrogen) atoms. The van der Waals surface area contributed by atoms with E-state index in [9.17, 15) is 8.42 Å². The second-order valence-corrected chi connectivity index (χ2v) is 8.56. The Balaban J connectivity index is 1.52. The van der Waals surface area contributed by atoms with Crippen molar-refractivity contribution in [2.24, 2.45) is 17.8 Å². The van der Waals surface area contributed by atoms with Gasteiger partial charge in [0.05, 0.1) is 4.90 Å². The Morgan fingerprint density at radius 2 is 1.82 bits per heavy atom. The summed E-state index contributed by atoms with van der Waals surface area (Å²) in [4.78, 5) is 0.370. The van der Waals surface area contributed by atoms with E-state index in [1.807, 2.05) is 30.3 Å². The molecule has 2 bridgehead atoms. The molecule has 0 aliphatic heterocycles. The van der Waals surface area contributed by atoms with Gasteiger partial charge in [0, 0.05) is 6.54 Å². The average molecular weight is 315 g/mol. The summed E-state index contributed by atoms with van der Waals surface area (Å²) >= 11 is 0. The molecule has 0 saturated heterocycles. The molecule has 0 amide bonds. The molecule has 0 aromatic heterocycles. The fraction of sp³-hybridized carbons (Fsp3) is 0.444. The van der Waals surface area contributed by atoms with Gasteiger partial charge in [-0.05, 0) is 59.9 Å². The summed E-state index contributed by atoms with van der Waals surface area (Å²) in [6.45, 7) is 0.594. The SMILES string of the molecule is O=S(=O)(NC[C@@H]1C[C@H]2CC[C@H]1C2)c1ccc2ccccc2c1. The first kappa shape index (κ1) is 14.2. The van der Waals surface area contributed by atoms with E-state index in [0.717, 1.165) is 22.6 Å². The van der Waals surface area contributed by atoms with Crippen molar-refractivity contribution in [3.05, 3.63) is 42.5 Å². The molecule has 0 heterocycles. The summed E-state index contributed by atoms with van der Waals surface area (Å²) < 4.78 is 27.9. The maximum atomic E-state index is 12.5. The Morgan fingerprint density at radius 3 is 2.55 bits per heavy atom. The van der Waals surface area contributed by atoms with Crippen LogP contribution in [0.15, 0.2) is 47.4 Å². The molecule has 2 aliphatic carbocycles. The van der Waals surface area contributed by atoms with E-state index in [1.165, 1.54) is 25.7 Å². The van der Waals surface area contributed by atoms with Crippen LogP contribution in [0.5, 0.6) is 0 Å². The third kappa shape index (κ3) is 2.55. The van der Waals surface area contributed by atoms with Crippen molar-refractivity contribution in [1.82, 2.24) is 4.72 Å². The molecule has 0 radical (unpaired) electrons. The normalized spacial score (nSPS) is 27.5. The van der Waals surface area contributed by atoms with Crippen LogP contribution >= 0.6 is 0 Å². The third-order valence-electron chi connectivity index (χ3n) is 5.45. The molecule has 0 unspecified atom stereocenters. The van der Waals surface area contributed by atoms with E-state index < -0.39 is 10.0 Å². The summed E-state index contributed by atoms with van der Waals surface area (Å²) in [6.07, 6.45) is 5.14. The summed E-state index contributed by atoms with van der Waals surface area (Å²) in [7, 11) is -3.41. The fourth-order valence-corrected chi connectivity index (χ4v) is 5.39. The van der Waals surface area contributed by atoms with Gasteiger partial charge in [-0.2, -0.15) is 0 Å². The minimum Gasteiger partial charge on any atom is -0.211 e. The average Bonchev–Trinajstić information content (AvgIpc) is 3.15. The van der Waals surface area contributed by atoms with Crippen molar-refractivity contribution in [3.8, 4) is 0 Å². The molecule has 0 spiro atoms. The van der Waals surface area contributed by atoms with Gasteiger partial charge < -0.3 is 0 Å². The number of benzene rings is 2. The molecule has 4 rings (SSSR count). The minimum atomic E-state index is -3.41. The van der Waals surface area contributed by atoms with Crippen LogP contribution in [0.2, 0.25) is 0 Å². The molecular formula is C18H21NO2S. The molecule has 2 saturated carbocycles. The standard InChI is InChI=1S/C18H21NO2S/c20-22(21,19-12-17-10-13-5-6-16(17)9-13)18-8-7-14-3-1-2-4-15(14)11-18/h1-4,7-8,11,13,16-17,19H,5-6,9-10,12H2/t13-,16-,17-/m0/s1. The Hall–Kier alpha value is -1.39. The molecule has 2 aromatic rings. The number of sulfonamides is 1. The molecule has 2 fully saturated rings. The van der Waals surface area contributed by atoms with Gasteiger partial charge in [-0.1, -0.05) is 36.8 Å². The number of hydrogen-bond acceptors (Lipinski definition) is 2. The first-order valence-corrected chi connectivity index (χ1v) is 9.58. The Labute approximate surface area is 131 Å². The van der Waals surface area contributed by atoms with E-state index in [-0.39, 0.29) is 0 Å². The molecular weight excluding hydrogens is 294 g/mol. The highest BCUT2D eigenvalue weighted by Crippen LogP contribution is 2.48. The van der Waals surface area contributed by atoms with Gasteiger partial charge in [0.2, 0.25) is 10.0 Å². The molecule has 116 valence electrons. The Kier molecular flexibility index (Phi) is 3.46. The lowest BCUT2D eigenvalue weighted by molar-refractivity contribution is 0.333. The highest BCUT2D eigenvalue weighted by atomic mass is 32.2. The maximum Gasteiger partial charge on any atom is 0.240 e. The first-order chi connectivity index (χ1) is 10.6. The quantitative estimate of drug-likeness (QED) is 0.938. The van der Waals surface area contributed by atoms with E-state index in [4.69, 9.17) is 0 Å². The van der Waals surface area contributed by atoms with E-state index in [1.54, 1.807) is 12.1 Å². The minimum absolute atomic E-state index is 0.370. The predicted molar refractivity (Wildman–Crippen MR) is 88.1 cm³/mol. The van der Waals surface area contributed by atoms with Crippen molar-refractivity contribution in [1.29, 1.82) is 0 Å². The van der Waals surface area contributed by atoms with Crippen LogP contribution in [0.4, 0.5) is 0 Å². The van der Waals surface area contributed by atoms with Crippen LogP contribution in [0, 0.1) is 17.8 Å². The largest absolute Gasteiger partial charge is 0.240 e. The predicted octanol–water partition coefficient (Wildman–Crippen LogP) is 3.55. The molecule has 4 heteroatoms. The number of fused-ring (bicyclic) bond motifs is 3. The van der Waals surface area contributed by atoms with Crippen molar-refractivity contribution >= 4 is 20.8 Å². The topological polar surface area (TPSA) is 46.2 Å². The Bertz CT molecular complexity index is 800. The van der Waals surface area contributed by atoms with E-state index in [0.29, 0.717) is 17.4 Å². The first-order valence-electron chi connectivity index (χ1n) is 8.10. The lowest BCUT2D eigenvalue weighted by Crippen LogP contribution is -2.31. The lowest BCUT2D eigenvalue weighted by Gasteiger charge is -2.21. The van der Waals surface area contributed by atoms with Gasteiger partial charge in [0.25, 0.3) is 0 Å².